The number of amides is 1. The summed E-state index contributed by atoms with van der Waals surface area (Å²) in [5, 5.41) is 3.59. The van der Waals surface area contributed by atoms with Crippen LogP contribution in [0.25, 0.3) is 11.0 Å². The summed E-state index contributed by atoms with van der Waals surface area (Å²) >= 11 is 1.31. The number of aromatic nitrogens is 3. The molecule has 0 saturated carbocycles. The van der Waals surface area contributed by atoms with Gasteiger partial charge in [0.25, 0.3) is 5.56 Å². The smallest absolute Gasteiger partial charge is 0.278 e. The Bertz CT molecular complexity index is 1010. The molecule has 0 radical (unpaired) electrons. The van der Waals surface area contributed by atoms with E-state index in [1.54, 1.807) is 4.57 Å². The van der Waals surface area contributed by atoms with Crippen molar-refractivity contribution in [3.8, 4) is 0 Å². The lowest BCUT2D eigenvalue weighted by Crippen LogP contribution is -2.29. The number of aryl methyl sites for hydroxylation is 1. The maximum absolute atomic E-state index is 12.9. The van der Waals surface area contributed by atoms with Crippen LogP contribution >= 0.6 is 11.8 Å². The number of fused-ring (bicyclic) bond motifs is 1. The molecule has 0 aliphatic heterocycles. The highest BCUT2D eigenvalue weighted by atomic mass is 32.2. The Labute approximate surface area is 168 Å². The average Bonchev–Trinajstić information content (AvgIpc) is 3.07. The fourth-order valence-corrected chi connectivity index (χ4v) is 3.91. The summed E-state index contributed by atoms with van der Waals surface area (Å²) in [5.74, 6) is 0.132. The van der Waals surface area contributed by atoms with Gasteiger partial charge in [0, 0.05) is 12.2 Å². The quantitative estimate of drug-likeness (QED) is 0.447. The molecule has 0 bridgehead atoms. The molecule has 2 aromatic heterocycles. The number of carbonyl (C=O) groups is 1. The molecular weight excluding hydrogens is 372 g/mol. The number of benzene rings is 1. The number of rotatable bonds is 8. The minimum absolute atomic E-state index is 0.0700. The van der Waals surface area contributed by atoms with Crippen LogP contribution in [0.1, 0.15) is 44.0 Å². The molecule has 2 heterocycles. The second-order valence-corrected chi connectivity index (χ2v) is 7.85. The Morgan fingerprint density at radius 2 is 2.07 bits per heavy atom. The Kier molecular flexibility index (Phi) is 6.57. The van der Waals surface area contributed by atoms with Gasteiger partial charge in [0.2, 0.25) is 5.91 Å². The molecule has 28 heavy (non-hydrogen) atoms. The molecule has 2 N–H and O–H groups in total. The van der Waals surface area contributed by atoms with Gasteiger partial charge in [-0.2, -0.15) is 0 Å². The maximum atomic E-state index is 12.9. The molecule has 0 aliphatic rings. The molecule has 1 atom stereocenters. The van der Waals surface area contributed by atoms with Gasteiger partial charge in [0.05, 0.1) is 17.3 Å². The van der Waals surface area contributed by atoms with Crippen LogP contribution in [-0.4, -0.2) is 26.2 Å². The van der Waals surface area contributed by atoms with E-state index >= 15 is 0 Å². The first kappa shape index (κ1) is 20.2. The van der Waals surface area contributed by atoms with Crippen LogP contribution in [0.4, 0.5) is 0 Å². The zero-order chi connectivity index (χ0) is 20.1. The summed E-state index contributed by atoms with van der Waals surface area (Å²) in [6, 6.07) is 11.6. The van der Waals surface area contributed by atoms with Crippen molar-refractivity contribution in [3.05, 3.63) is 58.0 Å². The van der Waals surface area contributed by atoms with Crippen LogP contribution in [0.2, 0.25) is 0 Å². The summed E-state index contributed by atoms with van der Waals surface area (Å²) in [7, 11) is 0. The first-order valence-corrected chi connectivity index (χ1v) is 10.6. The molecule has 6 nitrogen and oxygen atoms in total. The van der Waals surface area contributed by atoms with Crippen LogP contribution in [0.3, 0.4) is 0 Å². The highest BCUT2D eigenvalue weighted by molar-refractivity contribution is 7.99. The first-order chi connectivity index (χ1) is 13.5. The monoisotopic (exact) mass is 398 g/mol. The van der Waals surface area contributed by atoms with Crippen molar-refractivity contribution in [2.75, 3.05) is 5.75 Å². The molecule has 3 aromatic rings. The second-order valence-electron chi connectivity index (χ2n) is 6.91. The fourth-order valence-electron chi connectivity index (χ4n) is 3.07. The lowest BCUT2D eigenvalue weighted by atomic mass is 10.1. The Morgan fingerprint density at radius 3 is 2.79 bits per heavy atom. The van der Waals surface area contributed by atoms with Gasteiger partial charge in [-0.05, 0) is 31.9 Å². The molecule has 7 heteroatoms. The van der Waals surface area contributed by atoms with Gasteiger partial charge in [0.15, 0.2) is 5.16 Å². The summed E-state index contributed by atoms with van der Waals surface area (Å²) < 4.78 is 1.68. The van der Waals surface area contributed by atoms with Crippen molar-refractivity contribution in [2.45, 2.75) is 51.4 Å². The van der Waals surface area contributed by atoms with E-state index in [0.717, 1.165) is 24.1 Å². The van der Waals surface area contributed by atoms with Crippen molar-refractivity contribution in [3.63, 3.8) is 0 Å². The number of unbranched alkanes of at least 4 members (excludes halogenated alkanes) is 1. The molecular formula is C21H26N4O2S. The minimum atomic E-state index is -0.0806. The van der Waals surface area contributed by atoms with Crippen LogP contribution in [0, 0.1) is 6.92 Å². The number of hydrogen-bond acceptors (Lipinski definition) is 4. The highest BCUT2D eigenvalue weighted by Crippen LogP contribution is 2.19. The fraction of sp³-hybridized carbons (Fsp3) is 0.381. The predicted octanol–water partition coefficient (Wildman–Crippen LogP) is 3.80. The lowest BCUT2D eigenvalue weighted by Gasteiger charge is -2.15. The van der Waals surface area contributed by atoms with E-state index in [0.29, 0.717) is 22.7 Å². The zero-order valence-corrected chi connectivity index (χ0v) is 17.3. The molecule has 1 amide bonds. The Hall–Kier alpha value is -2.54. The largest absolute Gasteiger partial charge is 0.353 e. The minimum Gasteiger partial charge on any atom is -0.353 e. The van der Waals surface area contributed by atoms with Crippen molar-refractivity contribution >= 4 is 28.7 Å². The first-order valence-electron chi connectivity index (χ1n) is 9.57. The van der Waals surface area contributed by atoms with E-state index in [1.807, 2.05) is 50.2 Å². The molecule has 0 saturated heterocycles. The number of H-pyrrole nitrogens is 1. The van der Waals surface area contributed by atoms with E-state index in [4.69, 9.17) is 0 Å². The molecule has 3 rings (SSSR count). The third-order valence-corrected chi connectivity index (χ3v) is 5.56. The highest BCUT2D eigenvalue weighted by Gasteiger charge is 2.15. The Morgan fingerprint density at radius 1 is 1.32 bits per heavy atom. The van der Waals surface area contributed by atoms with Crippen molar-refractivity contribution in [2.24, 2.45) is 0 Å². The normalized spacial score (nSPS) is 12.2. The summed E-state index contributed by atoms with van der Waals surface area (Å²) in [6.07, 6.45) is 1.87. The Balaban J connectivity index is 1.75. The van der Waals surface area contributed by atoms with Gasteiger partial charge in [0.1, 0.15) is 5.52 Å². The van der Waals surface area contributed by atoms with Crippen molar-refractivity contribution < 1.29 is 4.79 Å². The van der Waals surface area contributed by atoms with E-state index < -0.39 is 0 Å². The lowest BCUT2D eigenvalue weighted by molar-refractivity contribution is -0.119. The molecule has 0 fully saturated rings. The van der Waals surface area contributed by atoms with E-state index in [2.05, 4.69) is 22.2 Å². The van der Waals surface area contributed by atoms with E-state index in [9.17, 15) is 9.59 Å². The third-order valence-electron chi connectivity index (χ3n) is 4.58. The topological polar surface area (TPSA) is 79.8 Å². The van der Waals surface area contributed by atoms with Crippen LogP contribution < -0.4 is 10.9 Å². The predicted molar refractivity (Wildman–Crippen MR) is 114 cm³/mol. The molecule has 148 valence electrons. The zero-order valence-electron chi connectivity index (χ0n) is 16.5. The van der Waals surface area contributed by atoms with Crippen LogP contribution in [-0.2, 0) is 11.3 Å². The number of thioether (sulfide) groups is 1. The average molecular weight is 399 g/mol. The van der Waals surface area contributed by atoms with Gasteiger partial charge in [-0.25, -0.2) is 4.98 Å². The second kappa shape index (κ2) is 9.10. The number of nitrogens with zero attached hydrogens (tertiary/aromatic N) is 2. The van der Waals surface area contributed by atoms with Crippen LogP contribution in [0.5, 0.6) is 0 Å². The number of aromatic amines is 1. The SMILES string of the molecule is CCCCn1c(SCC(=O)N[C@H](C)c2ccccc2)nc2cc(C)[nH]c2c1=O. The van der Waals surface area contributed by atoms with Gasteiger partial charge in [-0.3, -0.25) is 14.2 Å². The van der Waals surface area contributed by atoms with Gasteiger partial charge >= 0.3 is 0 Å². The van der Waals surface area contributed by atoms with Gasteiger partial charge < -0.3 is 10.3 Å². The number of nitrogens with one attached hydrogen (secondary N) is 2. The summed E-state index contributed by atoms with van der Waals surface area (Å²) in [4.78, 5) is 33.0. The van der Waals surface area contributed by atoms with E-state index in [1.165, 1.54) is 11.8 Å². The third kappa shape index (κ3) is 4.65. The van der Waals surface area contributed by atoms with Gasteiger partial charge in [-0.1, -0.05) is 55.4 Å². The summed E-state index contributed by atoms with van der Waals surface area (Å²) in [6.45, 7) is 6.55. The van der Waals surface area contributed by atoms with Crippen LogP contribution in [0.15, 0.2) is 46.3 Å². The number of hydrogen-bond donors (Lipinski definition) is 2. The molecule has 0 spiro atoms. The molecule has 0 unspecified atom stereocenters. The maximum Gasteiger partial charge on any atom is 0.278 e. The van der Waals surface area contributed by atoms with Crippen molar-refractivity contribution in [1.82, 2.24) is 19.9 Å². The number of carbonyl (C=O) groups excluding carboxylic acids is 1. The molecule has 1 aromatic carbocycles. The summed E-state index contributed by atoms with van der Waals surface area (Å²) in [5.41, 5.74) is 3.06. The van der Waals surface area contributed by atoms with Crippen molar-refractivity contribution in [1.29, 1.82) is 0 Å². The van der Waals surface area contributed by atoms with E-state index in [-0.39, 0.29) is 23.3 Å². The molecule has 0 aliphatic carbocycles. The standard InChI is InChI=1S/C21H26N4O2S/c1-4-5-11-25-20(27)19-17(12-14(2)22-19)24-21(25)28-13-18(26)23-15(3)16-9-7-6-8-10-16/h6-10,12,15,22H,4-5,11,13H2,1-3H3,(H,23,26)/t15-/m1/s1. The van der Waals surface area contributed by atoms with Gasteiger partial charge in [-0.15, -0.1) is 0 Å².